The molecule has 0 radical (unpaired) electrons. The van der Waals surface area contributed by atoms with Crippen LogP contribution in [-0.2, 0) is 6.54 Å². The Morgan fingerprint density at radius 2 is 2.06 bits per heavy atom. The first-order valence-corrected chi connectivity index (χ1v) is 10.5. The number of nitrogens with one attached hydrogen (secondary N) is 1. The van der Waals surface area contributed by atoms with E-state index < -0.39 is 5.82 Å². The molecule has 0 bridgehead atoms. The Morgan fingerprint density at radius 3 is 2.75 bits per heavy atom. The summed E-state index contributed by atoms with van der Waals surface area (Å²) in [4.78, 5) is 12.5. The SMILES string of the molecule is COc1ccccc1C(=O)NCc1ccc(-c2nn(C3CCCC3)c(N)c2C#N)cc1F. The van der Waals surface area contributed by atoms with Crippen LogP contribution in [0.4, 0.5) is 10.2 Å². The highest BCUT2D eigenvalue weighted by Crippen LogP contribution is 2.35. The number of rotatable bonds is 6. The van der Waals surface area contributed by atoms with Gasteiger partial charge >= 0.3 is 0 Å². The number of carbonyl (C=O) groups excluding carboxylic acids is 1. The summed E-state index contributed by atoms with van der Waals surface area (Å²) in [7, 11) is 1.49. The van der Waals surface area contributed by atoms with Crippen molar-refractivity contribution in [3.63, 3.8) is 0 Å². The number of hydrogen-bond donors (Lipinski definition) is 2. The zero-order valence-electron chi connectivity index (χ0n) is 17.8. The minimum atomic E-state index is -0.499. The van der Waals surface area contributed by atoms with Crippen LogP contribution < -0.4 is 15.8 Å². The highest BCUT2D eigenvalue weighted by Gasteiger charge is 2.25. The van der Waals surface area contributed by atoms with Crippen molar-refractivity contribution in [2.45, 2.75) is 38.3 Å². The highest BCUT2D eigenvalue weighted by atomic mass is 19.1. The number of methoxy groups -OCH3 is 1. The summed E-state index contributed by atoms with van der Waals surface area (Å²) in [5.41, 5.74) is 7.99. The van der Waals surface area contributed by atoms with Gasteiger partial charge in [0.15, 0.2) is 0 Å². The van der Waals surface area contributed by atoms with Gasteiger partial charge in [0.25, 0.3) is 5.91 Å². The number of nitrogens with two attached hydrogens (primary N) is 1. The molecule has 32 heavy (non-hydrogen) atoms. The van der Waals surface area contributed by atoms with Gasteiger partial charge in [-0.15, -0.1) is 0 Å². The number of benzene rings is 2. The third-order valence-corrected chi connectivity index (χ3v) is 5.85. The largest absolute Gasteiger partial charge is 0.496 e. The lowest BCUT2D eigenvalue weighted by Gasteiger charge is -2.11. The molecule has 1 saturated carbocycles. The molecule has 3 aromatic rings. The number of hydrogen-bond acceptors (Lipinski definition) is 5. The van der Waals surface area contributed by atoms with Gasteiger partial charge in [-0.05, 0) is 31.0 Å². The summed E-state index contributed by atoms with van der Waals surface area (Å²) in [5, 5.41) is 16.9. The Morgan fingerprint density at radius 1 is 1.31 bits per heavy atom. The second kappa shape index (κ2) is 9.10. The lowest BCUT2D eigenvalue weighted by molar-refractivity contribution is 0.0947. The number of amides is 1. The van der Waals surface area contributed by atoms with Gasteiger partial charge < -0.3 is 15.8 Å². The van der Waals surface area contributed by atoms with E-state index in [-0.39, 0.29) is 24.1 Å². The topological polar surface area (TPSA) is 106 Å². The monoisotopic (exact) mass is 433 g/mol. The Kier molecular flexibility index (Phi) is 6.08. The zero-order chi connectivity index (χ0) is 22.7. The van der Waals surface area contributed by atoms with Crippen LogP contribution in [0.1, 0.15) is 53.2 Å². The van der Waals surface area contributed by atoms with Gasteiger partial charge in [-0.2, -0.15) is 10.4 Å². The predicted octanol–water partition coefficient (Wildman–Crippen LogP) is 4.20. The summed E-state index contributed by atoms with van der Waals surface area (Å²) in [6.45, 7) is 0.00670. The van der Waals surface area contributed by atoms with E-state index >= 15 is 0 Å². The molecule has 0 atom stereocenters. The van der Waals surface area contributed by atoms with Crippen LogP contribution in [0.25, 0.3) is 11.3 Å². The molecule has 7 nitrogen and oxygen atoms in total. The van der Waals surface area contributed by atoms with E-state index in [1.807, 2.05) is 0 Å². The first-order valence-electron chi connectivity index (χ1n) is 10.5. The lowest BCUT2D eigenvalue weighted by Crippen LogP contribution is -2.23. The van der Waals surface area contributed by atoms with Crippen LogP contribution in [0.3, 0.4) is 0 Å². The van der Waals surface area contributed by atoms with Gasteiger partial charge in [-0.25, -0.2) is 9.07 Å². The molecule has 1 aliphatic rings. The normalized spacial score (nSPS) is 13.7. The Bertz CT molecular complexity index is 1190. The van der Waals surface area contributed by atoms with Crippen molar-refractivity contribution in [3.8, 4) is 23.1 Å². The molecular weight excluding hydrogens is 409 g/mol. The van der Waals surface area contributed by atoms with Crippen LogP contribution in [0, 0.1) is 17.1 Å². The van der Waals surface area contributed by atoms with Crippen LogP contribution in [-0.4, -0.2) is 22.8 Å². The lowest BCUT2D eigenvalue weighted by atomic mass is 10.1. The highest BCUT2D eigenvalue weighted by molar-refractivity contribution is 5.96. The maximum atomic E-state index is 14.9. The first kappa shape index (κ1) is 21.4. The van der Waals surface area contributed by atoms with E-state index in [9.17, 15) is 14.4 Å². The second-order valence-electron chi connectivity index (χ2n) is 7.79. The van der Waals surface area contributed by atoms with Gasteiger partial charge in [0.1, 0.15) is 34.7 Å². The van der Waals surface area contributed by atoms with Crippen LogP contribution in [0.5, 0.6) is 5.75 Å². The molecule has 0 aliphatic heterocycles. The Balaban J connectivity index is 1.54. The molecule has 1 heterocycles. The zero-order valence-corrected chi connectivity index (χ0v) is 17.8. The molecule has 0 saturated heterocycles. The Hall–Kier alpha value is -3.86. The molecule has 1 aromatic heterocycles. The van der Waals surface area contributed by atoms with Crippen molar-refractivity contribution in [1.29, 1.82) is 5.26 Å². The molecule has 2 aromatic carbocycles. The average molecular weight is 433 g/mol. The van der Waals surface area contributed by atoms with Crippen molar-refractivity contribution in [2.24, 2.45) is 0 Å². The minimum Gasteiger partial charge on any atom is -0.496 e. The van der Waals surface area contributed by atoms with E-state index in [2.05, 4.69) is 16.5 Å². The first-order chi connectivity index (χ1) is 15.5. The summed E-state index contributed by atoms with van der Waals surface area (Å²) in [6.07, 6.45) is 4.14. The average Bonchev–Trinajstić information content (AvgIpc) is 3.45. The minimum absolute atomic E-state index is 0.00670. The van der Waals surface area contributed by atoms with Crippen LogP contribution >= 0.6 is 0 Å². The van der Waals surface area contributed by atoms with E-state index in [4.69, 9.17) is 10.5 Å². The number of carbonyl (C=O) groups is 1. The fraction of sp³-hybridized carbons (Fsp3) is 0.292. The number of nitrogens with zero attached hydrogens (tertiary/aromatic N) is 3. The number of nitrogen functional groups attached to an aromatic ring is 1. The summed E-state index contributed by atoms with van der Waals surface area (Å²) in [5.74, 6) is -0.0928. The number of ether oxygens (including phenoxy) is 1. The molecule has 164 valence electrons. The van der Waals surface area contributed by atoms with E-state index in [1.165, 1.54) is 13.2 Å². The predicted molar refractivity (Wildman–Crippen MR) is 118 cm³/mol. The fourth-order valence-corrected chi connectivity index (χ4v) is 4.13. The van der Waals surface area contributed by atoms with Crippen LogP contribution in [0.2, 0.25) is 0 Å². The number of nitriles is 1. The number of anilines is 1. The molecule has 1 aliphatic carbocycles. The number of para-hydroxylation sites is 1. The van der Waals surface area contributed by atoms with E-state index in [0.717, 1.165) is 25.7 Å². The molecule has 4 rings (SSSR count). The van der Waals surface area contributed by atoms with Gasteiger partial charge in [-0.1, -0.05) is 37.1 Å². The van der Waals surface area contributed by atoms with Crippen molar-refractivity contribution < 1.29 is 13.9 Å². The Labute approximate surface area is 185 Å². The molecule has 3 N–H and O–H groups in total. The molecule has 0 spiro atoms. The van der Waals surface area contributed by atoms with E-state index in [0.29, 0.717) is 34.0 Å². The van der Waals surface area contributed by atoms with Crippen molar-refractivity contribution in [1.82, 2.24) is 15.1 Å². The maximum absolute atomic E-state index is 14.9. The van der Waals surface area contributed by atoms with Gasteiger partial charge in [0, 0.05) is 17.7 Å². The quantitative estimate of drug-likeness (QED) is 0.606. The number of aromatic nitrogens is 2. The van der Waals surface area contributed by atoms with Gasteiger partial charge in [-0.3, -0.25) is 4.79 Å². The van der Waals surface area contributed by atoms with Gasteiger partial charge in [0.05, 0.1) is 18.7 Å². The summed E-state index contributed by atoms with van der Waals surface area (Å²) >= 11 is 0. The number of halogens is 1. The third-order valence-electron chi connectivity index (χ3n) is 5.85. The third kappa shape index (κ3) is 4.02. The van der Waals surface area contributed by atoms with Crippen molar-refractivity contribution in [3.05, 3.63) is 65.0 Å². The second-order valence-corrected chi connectivity index (χ2v) is 7.79. The van der Waals surface area contributed by atoms with Gasteiger partial charge in [0.2, 0.25) is 0 Å². The smallest absolute Gasteiger partial charge is 0.255 e. The molecular formula is C24H24FN5O2. The molecule has 8 heteroatoms. The maximum Gasteiger partial charge on any atom is 0.255 e. The van der Waals surface area contributed by atoms with E-state index in [1.54, 1.807) is 41.1 Å². The summed E-state index contributed by atoms with van der Waals surface area (Å²) < 4.78 is 21.8. The molecule has 1 amide bonds. The fourth-order valence-electron chi connectivity index (χ4n) is 4.13. The summed E-state index contributed by atoms with van der Waals surface area (Å²) in [6, 6.07) is 13.7. The van der Waals surface area contributed by atoms with Crippen LogP contribution in [0.15, 0.2) is 42.5 Å². The van der Waals surface area contributed by atoms with Crippen molar-refractivity contribution in [2.75, 3.05) is 12.8 Å². The standard InChI is InChI=1S/C24H24FN5O2/c1-32-21-9-5-4-8-18(21)24(31)28-14-16-11-10-15(12-20(16)25)22-19(13-26)23(27)30(29-22)17-6-2-3-7-17/h4-5,8-12,17H,2-3,6-7,14,27H2,1H3,(H,28,31). The van der Waals surface area contributed by atoms with Crippen molar-refractivity contribution >= 4 is 11.7 Å². The molecule has 0 unspecified atom stereocenters. The molecule has 1 fully saturated rings.